The Bertz CT molecular complexity index is 601. The van der Waals surface area contributed by atoms with Crippen molar-refractivity contribution < 1.29 is 4.79 Å². The molecule has 7 heteroatoms. The summed E-state index contributed by atoms with van der Waals surface area (Å²) in [4.78, 5) is 13.1. The van der Waals surface area contributed by atoms with Crippen LogP contribution in [0.2, 0.25) is 0 Å². The first kappa shape index (κ1) is 16.4. The maximum absolute atomic E-state index is 11.9. The molecule has 0 saturated heterocycles. The second-order valence-corrected chi connectivity index (χ2v) is 6.63. The van der Waals surface area contributed by atoms with Crippen LogP contribution in [0, 0.1) is 0 Å². The van der Waals surface area contributed by atoms with Gasteiger partial charge >= 0.3 is 6.03 Å². The number of aryl methyl sites for hydroxylation is 1. The molecule has 0 unspecified atom stereocenters. The topological polar surface area (TPSA) is 71.8 Å². The molecule has 2 aromatic rings. The minimum atomic E-state index is -0.198. The molecule has 6 nitrogen and oxygen atoms in total. The molecule has 0 fully saturated rings. The molecule has 2 rings (SSSR count). The molecular weight excluding hydrogens is 298 g/mol. The molecule has 0 bridgehead atoms. The zero-order valence-corrected chi connectivity index (χ0v) is 13.8. The Kier molecular flexibility index (Phi) is 5.83. The second-order valence-electron chi connectivity index (χ2n) is 5.12. The summed E-state index contributed by atoms with van der Waals surface area (Å²) in [6.45, 7) is 4.56. The van der Waals surface area contributed by atoms with Crippen molar-refractivity contribution in [2.24, 2.45) is 7.05 Å². The predicted molar refractivity (Wildman–Crippen MR) is 87.7 cm³/mol. The summed E-state index contributed by atoms with van der Waals surface area (Å²) in [7, 11) is 1.85. The number of nitrogens with one attached hydrogen (secondary N) is 2. The minimum absolute atomic E-state index is 0.190. The van der Waals surface area contributed by atoms with Gasteiger partial charge in [0.1, 0.15) is 6.33 Å². The predicted octanol–water partition coefficient (Wildman–Crippen LogP) is 2.36. The molecule has 1 heterocycles. The molecule has 0 saturated carbocycles. The molecule has 1 aromatic heterocycles. The van der Waals surface area contributed by atoms with Crippen molar-refractivity contribution in [1.82, 2.24) is 25.4 Å². The zero-order valence-electron chi connectivity index (χ0n) is 13.0. The Morgan fingerprint density at radius 1 is 1.32 bits per heavy atom. The van der Waals surface area contributed by atoms with Crippen molar-refractivity contribution >= 4 is 17.8 Å². The lowest BCUT2D eigenvalue weighted by Crippen LogP contribution is -2.40. The lowest BCUT2D eigenvalue weighted by atomic mass is 10.3. The van der Waals surface area contributed by atoms with Crippen LogP contribution in [-0.4, -0.2) is 32.6 Å². The molecule has 0 aliphatic rings. The van der Waals surface area contributed by atoms with Crippen LogP contribution >= 0.6 is 11.8 Å². The van der Waals surface area contributed by atoms with Crippen molar-refractivity contribution in [2.75, 3.05) is 6.54 Å². The van der Waals surface area contributed by atoms with Gasteiger partial charge in [-0.3, -0.25) is 0 Å². The van der Waals surface area contributed by atoms with E-state index in [9.17, 15) is 4.79 Å². The van der Waals surface area contributed by atoms with Crippen molar-refractivity contribution in [2.45, 2.75) is 30.0 Å². The third kappa shape index (κ3) is 4.77. The van der Waals surface area contributed by atoms with Crippen LogP contribution in [0.3, 0.4) is 0 Å². The van der Waals surface area contributed by atoms with E-state index in [0.29, 0.717) is 11.8 Å². The van der Waals surface area contributed by atoms with Crippen molar-refractivity contribution in [3.05, 3.63) is 42.5 Å². The summed E-state index contributed by atoms with van der Waals surface area (Å²) in [5.41, 5.74) is 0. The highest BCUT2D eigenvalue weighted by atomic mass is 32.2. The normalized spacial score (nSPS) is 13.4. The molecule has 2 atom stereocenters. The van der Waals surface area contributed by atoms with E-state index in [-0.39, 0.29) is 12.1 Å². The molecule has 22 heavy (non-hydrogen) atoms. The van der Waals surface area contributed by atoms with E-state index in [1.54, 1.807) is 22.7 Å². The van der Waals surface area contributed by atoms with Crippen LogP contribution in [0.15, 0.2) is 41.6 Å². The van der Waals surface area contributed by atoms with E-state index < -0.39 is 0 Å². The number of hydrogen-bond acceptors (Lipinski definition) is 4. The van der Waals surface area contributed by atoms with Gasteiger partial charge in [0.15, 0.2) is 5.82 Å². The third-order valence-corrected chi connectivity index (χ3v) is 4.23. The fourth-order valence-corrected chi connectivity index (χ4v) is 2.95. The highest BCUT2D eigenvalue weighted by Gasteiger charge is 2.14. The summed E-state index contributed by atoms with van der Waals surface area (Å²) in [6.07, 6.45) is 1.62. The van der Waals surface area contributed by atoms with Gasteiger partial charge in [0.2, 0.25) is 0 Å². The molecular formula is C15H21N5OS. The minimum Gasteiger partial charge on any atom is -0.337 e. The molecule has 2 amide bonds. The fourth-order valence-electron chi connectivity index (χ4n) is 2.01. The molecule has 0 aliphatic heterocycles. The van der Waals surface area contributed by atoms with Gasteiger partial charge in [0.25, 0.3) is 0 Å². The number of nitrogens with zero attached hydrogens (tertiary/aromatic N) is 3. The smallest absolute Gasteiger partial charge is 0.315 e. The van der Waals surface area contributed by atoms with Gasteiger partial charge in [-0.1, -0.05) is 25.1 Å². The Morgan fingerprint density at radius 2 is 2.05 bits per heavy atom. The first-order valence-electron chi connectivity index (χ1n) is 7.16. The number of urea groups is 1. The van der Waals surface area contributed by atoms with Gasteiger partial charge in [-0.25, -0.2) is 4.79 Å². The van der Waals surface area contributed by atoms with E-state index in [1.165, 1.54) is 4.90 Å². The van der Waals surface area contributed by atoms with E-state index >= 15 is 0 Å². The maximum Gasteiger partial charge on any atom is 0.315 e. The standard InChI is InChI=1S/C15H21N5OS/c1-11(22-13-7-5-4-6-8-13)9-16-15(21)18-12(2)14-19-17-10-20(14)3/h4-8,10-12H,9H2,1-3H3,(H2,16,18,21)/t11-,12-/m1/s1. The van der Waals surface area contributed by atoms with E-state index in [0.717, 1.165) is 5.82 Å². The van der Waals surface area contributed by atoms with Crippen molar-refractivity contribution in [3.63, 3.8) is 0 Å². The van der Waals surface area contributed by atoms with Crippen LogP contribution in [0.4, 0.5) is 4.79 Å². The Balaban J connectivity index is 1.74. The summed E-state index contributed by atoms with van der Waals surface area (Å²) in [5.74, 6) is 0.724. The quantitative estimate of drug-likeness (QED) is 0.802. The number of aromatic nitrogens is 3. The van der Waals surface area contributed by atoms with Crippen LogP contribution in [-0.2, 0) is 7.05 Å². The van der Waals surface area contributed by atoms with Gasteiger partial charge < -0.3 is 15.2 Å². The number of carbonyl (C=O) groups excluding carboxylic acids is 1. The largest absolute Gasteiger partial charge is 0.337 e. The summed E-state index contributed by atoms with van der Waals surface area (Å²) < 4.78 is 1.79. The van der Waals surface area contributed by atoms with Crippen molar-refractivity contribution in [3.8, 4) is 0 Å². The van der Waals surface area contributed by atoms with Gasteiger partial charge in [-0.05, 0) is 19.1 Å². The highest BCUT2D eigenvalue weighted by Crippen LogP contribution is 2.21. The fraction of sp³-hybridized carbons (Fsp3) is 0.400. The Labute approximate surface area is 134 Å². The molecule has 0 spiro atoms. The summed E-state index contributed by atoms with van der Waals surface area (Å²) >= 11 is 1.74. The SMILES string of the molecule is C[C@H](CNC(=O)N[C@H](C)c1nncn1C)Sc1ccccc1. The maximum atomic E-state index is 11.9. The monoisotopic (exact) mass is 319 g/mol. The van der Waals surface area contributed by atoms with Gasteiger partial charge in [-0.15, -0.1) is 22.0 Å². The van der Waals surface area contributed by atoms with Crippen LogP contribution in [0.1, 0.15) is 25.7 Å². The average Bonchev–Trinajstić information content (AvgIpc) is 2.92. The molecule has 1 aromatic carbocycles. The lowest BCUT2D eigenvalue weighted by molar-refractivity contribution is 0.237. The number of hydrogen-bond donors (Lipinski definition) is 2. The Morgan fingerprint density at radius 3 is 2.68 bits per heavy atom. The summed E-state index contributed by atoms with van der Waals surface area (Å²) in [5, 5.41) is 13.8. The Hall–Kier alpha value is -2.02. The van der Waals surface area contributed by atoms with Crippen molar-refractivity contribution in [1.29, 1.82) is 0 Å². The van der Waals surface area contributed by atoms with Crippen LogP contribution in [0.5, 0.6) is 0 Å². The van der Waals surface area contributed by atoms with Crippen LogP contribution in [0.25, 0.3) is 0 Å². The number of amides is 2. The molecule has 0 aliphatic carbocycles. The number of benzene rings is 1. The molecule has 2 N–H and O–H groups in total. The van der Waals surface area contributed by atoms with E-state index in [4.69, 9.17) is 0 Å². The lowest BCUT2D eigenvalue weighted by Gasteiger charge is -2.16. The van der Waals surface area contributed by atoms with Gasteiger partial charge in [-0.2, -0.15) is 0 Å². The molecule has 0 radical (unpaired) electrons. The van der Waals surface area contributed by atoms with E-state index in [1.807, 2.05) is 32.2 Å². The number of rotatable bonds is 6. The number of thioether (sulfide) groups is 1. The van der Waals surface area contributed by atoms with Gasteiger partial charge in [0, 0.05) is 23.7 Å². The van der Waals surface area contributed by atoms with E-state index in [2.05, 4.69) is 39.9 Å². The van der Waals surface area contributed by atoms with Gasteiger partial charge in [0.05, 0.1) is 6.04 Å². The molecule has 118 valence electrons. The first-order chi connectivity index (χ1) is 10.6. The highest BCUT2D eigenvalue weighted by molar-refractivity contribution is 8.00. The zero-order chi connectivity index (χ0) is 15.9. The van der Waals surface area contributed by atoms with Crippen LogP contribution < -0.4 is 10.6 Å². The summed E-state index contributed by atoms with van der Waals surface area (Å²) in [6, 6.07) is 9.76. The third-order valence-electron chi connectivity index (χ3n) is 3.11. The first-order valence-corrected chi connectivity index (χ1v) is 8.04. The second kappa shape index (κ2) is 7.84. The number of carbonyl (C=O) groups is 1. The average molecular weight is 319 g/mol.